The Morgan fingerprint density at radius 3 is 2.41 bits per heavy atom. The first-order valence-electron chi connectivity index (χ1n) is 10.2. The highest BCUT2D eigenvalue weighted by atomic mass is 16.4. The number of nitrogens with one attached hydrogen (secondary N) is 3. The Labute approximate surface area is 184 Å². The van der Waals surface area contributed by atoms with Crippen LogP contribution in [0.15, 0.2) is 60.8 Å². The molecule has 2 aromatic heterocycles. The van der Waals surface area contributed by atoms with Crippen LogP contribution in [0.4, 0.5) is 11.6 Å². The molecular formula is C24H23N5O3. The van der Waals surface area contributed by atoms with Crippen LogP contribution >= 0.6 is 0 Å². The molecule has 0 aliphatic heterocycles. The number of rotatable bonds is 7. The summed E-state index contributed by atoms with van der Waals surface area (Å²) in [6.45, 7) is 3.78. The molecule has 0 aliphatic carbocycles. The van der Waals surface area contributed by atoms with Crippen LogP contribution in [-0.4, -0.2) is 38.0 Å². The summed E-state index contributed by atoms with van der Waals surface area (Å²) < 4.78 is 0. The van der Waals surface area contributed by atoms with Gasteiger partial charge in [-0.2, -0.15) is 0 Å². The van der Waals surface area contributed by atoms with Gasteiger partial charge in [0.15, 0.2) is 0 Å². The van der Waals surface area contributed by atoms with Crippen molar-refractivity contribution >= 4 is 34.4 Å². The van der Waals surface area contributed by atoms with Crippen molar-refractivity contribution in [3.05, 3.63) is 83.3 Å². The van der Waals surface area contributed by atoms with Crippen molar-refractivity contribution in [1.82, 2.24) is 20.3 Å². The highest BCUT2D eigenvalue weighted by molar-refractivity contribution is 5.97. The standard InChI is InChI=1S/C24H23N5O3/c1-14-11-15(2)27-24(26-14)28-18-9-7-16(8-10-18)22(30)29-21(23(31)32)12-17-13-25-20-6-4-3-5-19(17)20/h3-11,13,21,25H,12H2,1-2H3,(H,29,30)(H,31,32)(H,26,27,28). The van der Waals surface area contributed by atoms with E-state index in [2.05, 4.69) is 25.6 Å². The summed E-state index contributed by atoms with van der Waals surface area (Å²) in [5, 5.41) is 16.3. The van der Waals surface area contributed by atoms with E-state index in [0.717, 1.165) is 33.5 Å². The van der Waals surface area contributed by atoms with E-state index in [1.165, 1.54) is 0 Å². The molecule has 0 spiro atoms. The summed E-state index contributed by atoms with van der Waals surface area (Å²) in [7, 11) is 0. The molecule has 4 aromatic rings. The largest absolute Gasteiger partial charge is 0.480 e. The lowest BCUT2D eigenvalue weighted by Crippen LogP contribution is -2.42. The fraction of sp³-hybridized carbons (Fsp3) is 0.167. The van der Waals surface area contributed by atoms with Gasteiger partial charge in [-0.3, -0.25) is 4.79 Å². The Bertz CT molecular complexity index is 1260. The third kappa shape index (κ3) is 4.75. The number of aryl methyl sites for hydroxylation is 2. The number of aromatic nitrogens is 3. The number of para-hydroxylation sites is 1. The van der Waals surface area contributed by atoms with Crippen LogP contribution < -0.4 is 10.6 Å². The second kappa shape index (κ2) is 8.89. The van der Waals surface area contributed by atoms with E-state index in [4.69, 9.17) is 0 Å². The molecule has 1 unspecified atom stereocenters. The lowest BCUT2D eigenvalue weighted by molar-refractivity contribution is -0.139. The van der Waals surface area contributed by atoms with Gasteiger partial charge in [0.2, 0.25) is 5.95 Å². The average molecular weight is 429 g/mol. The number of benzene rings is 2. The number of hydrogen-bond donors (Lipinski definition) is 4. The summed E-state index contributed by atoms with van der Waals surface area (Å²) in [5.74, 6) is -1.07. The van der Waals surface area contributed by atoms with Crippen molar-refractivity contribution in [2.24, 2.45) is 0 Å². The first kappa shape index (κ1) is 21.0. The van der Waals surface area contributed by atoms with Crippen molar-refractivity contribution in [1.29, 1.82) is 0 Å². The number of carbonyl (C=O) groups excluding carboxylic acids is 1. The molecule has 2 aromatic carbocycles. The van der Waals surface area contributed by atoms with Gasteiger partial charge < -0.3 is 20.7 Å². The van der Waals surface area contributed by atoms with E-state index in [0.29, 0.717) is 11.5 Å². The van der Waals surface area contributed by atoms with Crippen molar-refractivity contribution in [3.63, 3.8) is 0 Å². The summed E-state index contributed by atoms with van der Waals surface area (Å²) in [4.78, 5) is 36.3. The zero-order valence-electron chi connectivity index (χ0n) is 17.7. The molecule has 1 atom stereocenters. The first-order chi connectivity index (χ1) is 15.4. The molecule has 0 fully saturated rings. The van der Waals surface area contributed by atoms with Gasteiger partial charge in [0.05, 0.1) is 0 Å². The predicted octanol–water partition coefficient (Wildman–Crippen LogP) is 3.74. The lowest BCUT2D eigenvalue weighted by atomic mass is 10.0. The lowest BCUT2D eigenvalue weighted by Gasteiger charge is -2.14. The van der Waals surface area contributed by atoms with E-state index < -0.39 is 17.9 Å². The molecule has 0 radical (unpaired) electrons. The number of aromatic amines is 1. The molecule has 0 saturated carbocycles. The summed E-state index contributed by atoms with van der Waals surface area (Å²) >= 11 is 0. The number of carboxylic acids is 1. The topological polar surface area (TPSA) is 120 Å². The van der Waals surface area contributed by atoms with Gasteiger partial charge in [0.25, 0.3) is 5.91 Å². The minimum atomic E-state index is -1.09. The third-order valence-electron chi connectivity index (χ3n) is 5.09. The number of anilines is 2. The zero-order chi connectivity index (χ0) is 22.7. The highest BCUT2D eigenvalue weighted by Crippen LogP contribution is 2.20. The van der Waals surface area contributed by atoms with Gasteiger partial charge in [-0.05, 0) is 55.8 Å². The molecule has 2 heterocycles. The van der Waals surface area contributed by atoms with Gasteiger partial charge in [-0.15, -0.1) is 0 Å². The number of aliphatic carboxylic acids is 1. The van der Waals surface area contributed by atoms with Gasteiger partial charge in [0.1, 0.15) is 6.04 Å². The predicted molar refractivity (Wildman–Crippen MR) is 122 cm³/mol. The fourth-order valence-corrected chi connectivity index (χ4v) is 3.58. The fourth-order valence-electron chi connectivity index (χ4n) is 3.58. The van der Waals surface area contributed by atoms with Gasteiger partial charge >= 0.3 is 5.97 Å². The Morgan fingerprint density at radius 1 is 1.03 bits per heavy atom. The van der Waals surface area contributed by atoms with Crippen molar-refractivity contribution in [2.75, 3.05) is 5.32 Å². The van der Waals surface area contributed by atoms with Gasteiger partial charge in [0, 0.05) is 46.2 Å². The van der Waals surface area contributed by atoms with E-state index in [1.54, 1.807) is 30.5 Å². The van der Waals surface area contributed by atoms with Crippen molar-refractivity contribution < 1.29 is 14.7 Å². The molecule has 4 N–H and O–H groups in total. The monoisotopic (exact) mass is 429 g/mol. The molecule has 0 saturated heterocycles. The van der Waals surface area contributed by atoms with Gasteiger partial charge in [-0.1, -0.05) is 18.2 Å². The first-order valence-corrected chi connectivity index (χ1v) is 10.2. The molecule has 1 amide bonds. The smallest absolute Gasteiger partial charge is 0.326 e. The number of hydrogen-bond acceptors (Lipinski definition) is 5. The van der Waals surface area contributed by atoms with Crippen LogP contribution in [0.2, 0.25) is 0 Å². The summed E-state index contributed by atoms with van der Waals surface area (Å²) in [6, 6.07) is 15.2. The van der Waals surface area contributed by atoms with E-state index >= 15 is 0 Å². The van der Waals surface area contributed by atoms with Crippen LogP contribution in [0.3, 0.4) is 0 Å². The minimum absolute atomic E-state index is 0.175. The highest BCUT2D eigenvalue weighted by Gasteiger charge is 2.22. The Kier molecular flexibility index (Phi) is 5.85. The molecule has 4 rings (SSSR count). The van der Waals surface area contributed by atoms with E-state index in [9.17, 15) is 14.7 Å². The Balaban J connectivity index is 1.45. The van der Waals surface area contributed by atoms with Crippen LogP contribution in [0.25, 0.3) is 10.9 Å². The van der Waals surface area contributed by atoms with Crippen LogP contribution in [0, 0.1) is 13.8 Å². The summed E-state index contributed by atoms with van der Waals surface area (Å²) in [6.07, 6.45) is 1.96. The molecule has 8 nitrogen and oxygen atoms in total. The van der Waals surface area contributed by atoms with Crippen LogP contribution in [0.1, 0.15) is 27.3 Å². The van der Waals surface area contributed by atoms with Crippen LogP contribution in [0.5, 0.6) is 0 Å². The van der Waals surface area contributed by atoms with Gasteiger partial charge in [-0.25, -0.2) is 14.8 Å². The van der Waals surface area contributed by atoms with Crippen molar-refractivity contribution in [2.45, 2.75) is 26.3 Å². The number of nitrogens with zero attached hydrogens (tertiary/aromatic N) is 2. The third-order valence-corrected chi connectivity index (χ3v) is 5.09. The normalized spacial score (nSPS) is 11.8. The maximum absolute atomic E-state index is 12.7. The van der Waals surface area contributed by atoms with E-state index in [-0.39, 0.29) is 6.42 Å². The molecule has 8 heteroatoms. The number of amides is 1. The SMILES string of the molecule is Cc1cc(C)nc(Nc2ccc(C(=O)NC(Cc3c[nH]c4ccccc34)C(=O)O)cc2)n1. The maximum Gasteiger partial charge on any atom is 0.326 e. The molecule has 0 aliphatic rings. The molecule has 32 heavy (non-hydrogen) atoms. The number of carboxylic acid groups (broad SMARTS) is 1. The quantitative estimate of drug-likeness (QED) is 0.355. The second-order valence-corrected chi connectivity index (χ2v) is 7.60. The van der Waals surface area contributed by atoms with E-state index in [1.807, 2.05) is 44.2 Å². The number of carbonyl (C=O) groups is 2. The Hall–Kier alpha value is -4.20. The summed E-state index contributed by atoms with van der Waals surface area (Å²) in [5.41, 5.74) is 4.55. The molecule has 0 bridgehead atoms. The second-order valence-electron chi connectivity index (χ2n) is 7.60. The minimum Gasteiger partial charge on any atom is -0.480 e. The Morgan fingerprint density at radius 2 is 1.72 bits per heavy atom. The average Bonchev–Trinajstić information content (AvgIpc) is 3.16. The number of H-pyrrole nitrogens is 1. The molecular weight excluding hydrogens is 406 g/mol. The van der Waals surface area contributed by atoms with Crippen molar-refractivity contribution in [3.8, 4) is 0 Å². The maximum atomic E-state index is 12.7. The molecule has 162 valence electrons. The zero-order valence-corrected chi connectivity index (χ0v) is 17.7. The number of fused-ring (bicyclic) bond motifs is 1. The van der Waals surface area contributed by atoms with Crippen LogP contribution in [-0.2, 0) is 11.2 Å².